The summed E-state index contributed by atoms with van der Waals surface area (Å²) in [6.07, 6.45) is 0. The molecule has 2 rings (SSSR count). The van der Waals surface area contributed by atoms with Crippen molar-refractivity contribution in [3.8, 4) is 17.9 Å². The highest BCUT2D eigenvalue weighted by Gasteiger charge is 1.98. The van der Waals surface area contributed by atoms with Gasteiger partial charge >= 0.3 is 0 Å². The van der Waals surface area contributed by atoms with Gasteiger partial charge < -0.3 is 4.74 Å². The van der Waals surface area contributed by atoms with Crippen LogP contribution in [0.2, 0.25) is 0 Å². The second kappa shape index (κ2) is 7.41. The lowest BCUT2D eigenvalue weighted by molar-refractivity contribution is 0.306. The highest BCUT2D eigenvalue weighted by Crippen LogP contribution is 2.17. The number of ether oxygens (including phenoxy) is 1. The van der Waals surface area contributed by atoms with Crippen molar-refractivity contribution in [2.45, 2.75) is 6.61 Å². The minimum absolute atomic E-state index is 0.253. The molecule has 0 radical (unpaired) electrons. The first kappa shape index (κ1) is 15.0. The van der Waals surface area contributed by atoms with E-state index in [-0.39, 0.29) is 11.5 Å². The molecule has 2 aromatic rings. The van der Waals surface area contributed by atoms with Gasteiger partial charge in [-0.15, -0.1) is 0 Å². The smallest absolute Gasteiger partial charge is 0.237 e. The Morgan fingerprint density at radius 1 is 1.05 bits per heavy atom. The van der Waals surface area contributed by atoms with Gasteiger partial charge in [-0.25, -0.2) is 4.39 Å². The van der Waals surface area contributed by atoms with E-state index in [4.69, 9.17) is 15.3 Å². The summed E-state index contributed by atoms with van der Waals surface area (Å²) in [6.45, 7) is 0.332. The van der Waals surface area contributed by atoms with Gasteiger partial charge in [-0.05, 0) is 42.0 Å². The number of hydrazone groups is 1. The van der Waals surface area contributed by atoms with E-state index in [0.29, 0.717) is 18.0 Å². The number of hydrogen-bond acceptors (Lipinski definition) is 5. The average molecular weight is 294 g/mol. The number of nitrogens with zero attached hydrogens (tertiary/aromatic N) is 3. The number of nitrogens with one attached hydrogen (secondary N) is 1. The van der Waals surface area contributed by atoms with Crippen LogP contribution >= 0.6 is 0 Å². The van der Waals surface area contributed by atoms with E-state index in [1.807, 2.05) is 0 Å². The number of hydrogen-bond donors (Lipinski definition) is 1. The molecule has 0 heterocycles. The minimum Gasteiger partial charge on any atom is -0.489 e. The second-order valence-corrected chi connectivity index (χ2v) is 4.24. The molecule has 0 atom stereocenters. The Balaban J connectivity index is 1.92. The first-order valence-electron chi connectivity index (χ1n) is 6.32. The highest BCUT2D eigenvalue weighted by atomic mass is 19.1. The third kappa shape index (κ3) is 4.32. The fraction of sp³-hybridized carbons (Fsp3) is 0.0625. The molecule has 108 valence electrons. The van der Waals surface area contributed by atoms with Gasteiger partial charge in [0.1, 0.15) is 30.3 Å². The van der Waals surface area contributed by atoms with E-state index in [2.05, 4.69) is 10.5 Å². The molecule has 5 nitrogen and oxygen atoms in total. The second-order valence-electron chi connectivity index (χ2n) is 4.24. The number of nitriles is 2. The van der Waals surface area contributed by atoms with E-state index in [1.165, 1.54) is 12.1 Å². The molecule has 0 bridgehead atoms. The molecule has 22 heavy (non-hydrogen) atoms. The van der Waals surface area contributed by atoms with E-state index in [0.717, 1.165) is 5.56 Å². The first-order valence-corrected chi connectivity index (χ1v) is 6.32. The highest BCUT2D eigenvalue weighted by molar-refractivity contribution is 6.10. The van der Waals surface area contributed by atoms with Crippen LogP contribution in [0, 0.1) is 28.5 Å². The maximum Gasteiger partial charge on any atom is 0.237 e. The molecule has 0 saturated carbocycles. The average Bonchev–Trinajstić information content (AvgIpc) is 2.56. The quantitative estimate of drug-likeness (QED) is 0.678. The van der Waals surface area contributed by atoms with Crippen molar-refractivity contribution in [3.63, 3.8) is 0 Å². The van der Waals surface area contributed by atoms with Gasteiger partial charge in [0.2, 0.25) is 5.71 Å². The molecule has 0 aliphatic carbocycles. The molecule has 0 spiro atoms. The molecule has 0 unspecified atom stereocenters. The van der Waals surface area contributed by atoms with Crippen LogP contribution in [-0.2, 0) is 6.61 Å². The molecule has 0 fully saturated rings. The van der Waals surface area contributed by atoms with Crippen LogP contribution in [0.3, 0.4) is 0 Å². The largest absolute Gasteiger partial charge is 0.489 e. The normalized spacial score (nSPS) is 9.23. The molecule has 0 aliphatic heterocycles. The Morgan fingerprint density at radius 2 is 1.68 bits per heavy atom. The lowest BCUT2D eigenvalue weighted by Crippen LogP contribution is -1.97. The Morgan fingerprint density at radius 3 is 2.27 bits per heavy atom. The van der Waals surface area contributed by atoms with Crippen molar-refractivity contribution >= 4 is 11.4 Å². The van der Waals surface area contributed by atoms with Crippen LogP contribution in [0.5, 0.6) is 5.75 Å². The maximum absolute atomic E-state index is 12.8. The minimum atomic E-state index is -0.283. The zero-order valence-electron chi connectivity index (χ0n) is 11.5. The fourth-order valence-corrected chi connectivity index (χ4v) is 1.57. The predicted molar refractivity (Wildman–Crippen MR) is 79.5 cm³/mol. The number of anilines is 1. The topological polar surface area (TPSA) is 81.2 Å². The van der Waals surface area contributed by atoms with Gasteiger partial charge in [-0.3, -0.25) is 5.43 Å². The summed E-state index contributed by atoms with van der Waals surface area (Å²) < 4.78 is 18.3. The van der Waals surface area contributed by atoms with Crippen molar-refractivity contribution in [3.05, 3.63) is 59.9 Å². The van der Waals surface area contributed by atoms with Crippen LogP contribution < -0.4 is 10.2 Å². The SMILES string of the molecule is N#CC(C#N)=NNc1ccc(OCc2ccc(F)cc2)cc1. The van der Waals surface area contributed by atoms with Crippen LogP contribution in [0.15, 0.2) is 53.6 Å². The summed E-state index contributed by atoms with van der Waals surface area (Å²) >= 11 is 0. The monoisotopic (exact) mass is 294 g/mol. The molecule has 0 saturated heterocycles. The summed E-state index contributed by atoms with van der Waals surface area (Å²) in [5.74, 6) is 0.355. The molecule has 6 heteroatoms. The zero-order chi connectivity index (χ0) is 15.8. The van der Waals surface area contributed by atoms with E-state index in [1.54, 1.807) is 48.5 Å². The fourth-order valence-electron chi connectivity index (χ4n) is 1.57. The van der Waals surface area contributed by atoms with Gasteiger partial charge in [-0.1, -0.05) is 12.1 Å². The summed E-state index contributed by atoms with van der Waals surface area (Å²) in [7, 11) is 0. The van der Waals surface area contributed by atoms with E-state index in [9.17, 15) is 4.39 Å². The van der Waals surface area contributed by atoms with Crippen molar-refractivity contribution < 1.29 is 9.13 Å². The lowest BCUT2D eigenvalue weighted by Gasteiger charge is -2.07. The molecule has 2 aromatic carbocycles. The summed E-state index contributed by atoms with van der Waals surface area (Å²) in [6, 6.07) is 16.2. The first-order chi connectivity index (χ1) is 10.7. The zero-order valence-corrected chi connectivity index (χ0v) is 11.5. The summed E-state index contributed by atoms with van der Waals surface area (Å²) in [5.41, 5.74) is 3.83. The number of benzene rings is 2. The van der Waals surface area contributed by atoms with Gasteiger partial charge in [-0.2, -0.15) is 15.6 Å². The molecule has 0 aliphatic rings. The van der Waals surface area contributed by atoms with Gasteiger partial charge in [0.25, 0.3) is 0 Å². The van der Waals surface area contributed by atoms with Crippen LogP contribution in [0.1, 0.15) is 5.56 Å². The van der Waals surface area contributed by atoms with Gasteiger partial charge in [0.15, 0.2) is 0 Å². The third-order valence-electron chi connectivity index (χ3n) is 2.68. The van der Waals surface area contributed by atoms with Crippen LogP contribution in [-0.4, -0.2) is 5.71 Å². The van der Waals surface area contributed by atoms with Crippen LogP contribution in [0.4, 0.5) is 10.1 Å². The van der Waals surface area contributed by atoms with Crippen molar-refractivity contribution in [2.75, 3.05) is 5.43 Å². The van der Waals surface area contributed by atoms with Crippen molar-refractivity contribution in [1.82, 2.24) is 0 Å². The maximum atomic E-state index is 12.8. The molecule has 0 amide bonds. The van der Waals surface area contributed by atoms with Gasteiger partial charge in [0.05, 0.1) is 5.69 Å². The predicted octanol–water partition coefficient (Wildman–Crippen LogP) is 3.22. The molecular weight excluding hydrogens is 283 g/mol. The Labute approximate surface area is 126 Å². The van der Waals surface area contributed by atoms with Crippen molar-refractivity contribution in [1.29, 1.82) is 10.5 Å². The molecule has 0 aromatic heterocycles. The Hall–Kier alpha value is -3.38. The van der Waals surface area contributed by atoms with E-state index < -0.39 is 0 Å². The third-order valence-corrected chi connectivity index (χ3v) is 2.68. The Kier molecular flexibility index (Phi) is 5.06. The summed E-state index contributed by atoms with van der Waals surface area (Å²) in [4.78, 5) is 0. The Bertz CT molecular complexity index is 724. The number of rotatable bonds is 5. The van der Waals surface area contributed by atoms with Crippen LogP contribution in [0.25, 0.3) is 0 Å². The number of halogens is 1. The van der Waals surface area contributed by atoms with Gasteiger partial charge in [0, 0.05) is 0 Å². The lowest BCUT2D eigenvalue weighted by atomic mass is 10.2. The standard InChI is InChI=1S/C16H11FN4O/c17-13-3-1-12(2-4-13)11-22-16-7-5-14(6-8-16)20-21-15(9-18)10-19/h1-8,20H,11H2. The summed E-state index contributed by atoms with van der Waals surface area (Å²) in [5, 5.41) is 20.7. The van der Waals surface area contributed by atoms with E-state index >= 15 is 0 Å². The molecule has 1 N–H and O–H groups in total. The van der Waals surface area contributed by atoms with Crippen molar-refractivity contribution in [2.24, 2.45) is 5.10 Å². The molecular formula is C16H11FN4O.